The Morgan fingerprint density at radius 1 is 0.588 bits per heavy atom. The molecule has 0 N–H and O–H groups in total. The molecule has 0 radical (unpaired) electrons. The van der Waals surface area contributed by atoms with E-state index in [1.54, 1.807) is 0 Å². The van der Waals surface area contributed by atoms with Gasteiger partial charge in [0.1, 0.15) is 0 Å². The van der Waals surface area contributed by atoms with Crippen molar-refractivity contribution in [2.24, 2.45) is 5.92 Å². The Balaban J connectivity index is 1.42. The summed E-state index contributed by atoms with van der Waals surface area (Å²) in [6.45, 7) is 3.95. The highest BCUT2D eigenvalue weighted by Crippen LogP contribution is 2.54. The van der Waals surface area contributed by atoms with Gasteiger partial charge in [-0.15, -0.1) is 6.58 Å². The van der Waals surface area contributed by atoms with Gasteiger partial charge in [0.05, 0.1) is 0 Å². The molecule has 2 aliphatic rings. The van der Waals surface area contributed by atoms with Crippen LogP contribution in [-0.4, -0.2) is 0 Å². The number of rotatable bonds is 8. The summed E-state index contributed by atoms with van der Waals surface area (Å²) in [5, 5.41) is 0. The van der Waals surface area contributed by atoms with E-state index >= 15 is 0 Å². The molecule has 1 unspecified atom stereocenters. The van der Waals surface area contributed by atoms with Crippen molar-refractivity contribution < 1.29 is 0 Å². The first kappa shape index (κ1) is 21.2. The molecule has 0 aliphatic heterocycles. The molecule has 0 saturated carbocycles. The molecule has 4 aromatic rings. The molecule has 0 saturated heterocycles. The van der Waals surface area contributed by atoms with Crippen molar-refractivity contribution in [3.05, 3.63) is 132 Å². The summed E-state index contributed by atoms with van der Waals surface area (Å²) < 4.78 is 0. The average molecular weight is 441 g/mol. The van der Waals surface area contributed by atoms with E-state index in [9.17, 15) is 0 Å². The minimum absolute atomic E-state index is 0.469. The molecule has 0 heteroatoms. The average Bonchev–Trinajstić information content (AvgIpc) is 3.39. The Morgan fingerprint density at radius 2 is 1.03 bits per heavy atom. The molecule has 0 fully saturated rings. The Hall–Kier alpha value is -3.38. The second-order valence-corrected chi connectivity index (χ2v) is 9.95. The predicted molar refractivity (Wildman–Crippen MR) is 144 cm³/mol. The first-order valence-electron chi connectivity index (χ1n) is 12.8. The van der Waals surface area contributed by atoms with E-state index < -0.39 is 0 Å². The van der Waals surface area contributed by atoms with E-state index in [0.29, 0.717) is 17.8 Å². The molecule has 1 atom stereocenters. The van der Waals surface area contributed by atoms with Crippen LogP contribution in [0.2, 0.25) is 0 Å². The van der Waals surface area contributed by atoms with Crippen molar-refractivity contribution >= 4 is 0 Å². The number of hydrogen-bond donors (Lipinski definition) is 0. The maximum atomic E-state index is 3.95. The number of benzene rings is 4. The summed E-state index contributed by atoms with van der Waals surface area (Å²) in [6, 6.07) is 36.4. The monoisotopic (exact) mass is 440 g/mol. The summed E-state index contributed by atoms with van der Waals surface area (Å²) in [5.41, 5.74) is 11.8. The number of hydrogen-bond acceptors (Lipinski definition) is 0. The third-order valence-electron chi connectivity index (χ3n) is 8.09. The molecule has 0 nitrogen and oxygen atoms in total. The minimum atomic E-state index is 0.469. The van der Waals surface area contributed by atoms with Crippen molar-refractivity contribution in [2.75, 3.05) is 0 Å². The smallest absolute Gasteiger partial charge is 0.0130 e. The van der Waals surface area contributed by atoms with Gasteiger partial charge in [-0.3, -0.25) is 0 Å². The Bertz CT molecular complexity index is 1240. The van der Waals surface area contributed by atoms with Gasteiger partial charge in [0.15, 0.2) is 0 Å². The van der Waals surface area contributed by atoms with Crippen molar-refractivity contribution in [3.63, 3.8) is 0 Å². The fourth-order valence-electron chi connectivity index (χ4n) is 6.63. The molecule has 6 rings (SSSR count). The molecule has 0 bridgehead atoms. The van der Waals surface area contributed by atoms with Gasteiger partial charge in [-0.1, -0.05) is 110 Å². The Labute approximate surface area is 204 Å². The minimum Gasteiger partial charge on any atom is -0.103 e. The fourth-order valence-corrected chi connectivity index (χ4v) is 6.63. The Morgan fingerprint density at radius 3 is 1.53 bits per heavy atom. The molecule has 4 aromatic carbocycles. The van der Waals surface area contributed by atoms with Crippen LogP contribution in [0.1, 0.15) is 66.2 Å². The SMILES string of the molecule is C=CCCCCC(CC1c2ccccc2-c2ccccc21)C1c2ccccc2-c2ccccc21. The zero-order valence-electron chi connectivity index (χ0n) is 19.8. The quantitative estimate of drug-likeness (QED) is 0.189. The van der Waals surface area contributed by atoms with Crippen LogP contribution in [0.25, 0.3) is 22.3 Å². The second-order valence-electron chi connectivity index (χ2n) is 9.95. The molecule has 168 valence electrons. The highest BCUT2D eigenvalue weighted by atomic mass is 14.4. The lowest BCUT2D eigenvalue weighted by molar-refractivity contribution is 0.378. The molecule has 0 spiro atoms. The van der Waals surface area contributed by atoms with E-state index in [1.165, 1.54) is 70.2 Å². The third kappa shape index (κ3) is 3.53. The van der Waals surface area contributed by atoms with Crippen LogP contribution in [0.5, 0.6) is 0 Å². The molecule has 34 heavy (non-hydrogen) atoms. The summed E-state index contributed by atoms with van der Waals surface area (Å²) in [4.78, 5) is 0. The lowest BCUT2D eigenvalue weighted by atomic mass is 9.74. The van der Waals surface area contributed by atoms with Crippen LogP contribution < -0.4 is 0 Å². The van der Waals surface area contributed by atoms with E-state index in [-0.39, 0.29) is 0 Å². The van der Waals surface area contributed by atoms with Crippen molar-refractivity contribution in [3.8, 4) is 22.3 Å². The van der Waals surface area contributed by atoms with Crippen LogP contribution in [0.4, 0.5) is 0 Å². The van der Waals surface area contributed by atoms with Gasteiger partial charge in [0, 0.05) is 11.8 Å². The number of fused-ring (bicyclic) bond motifs is 6. The molecular formula is C34H32. The summed E-state index contributed by atoms with van der Waals surface area (Å²) >= 11 is 0. The van der Waals surface area contributed by atoms with E-state index in [0.717, 1.165) is 6.42 Å². The number of allylic oxidation sites excluding steroid dienone is 1. The van der Waals surface area contributed by atoms with E-state index in [2.05, 4.69) is 110 Å². The summed E-state index contributed by atoms with van der Waals surface area (Å²) in [5.74, 6) is 1.53. The maximum absolute atomic E-state index is 3.95. The molecule has 0 heterocycles. The lowest BCUT2D eigenvalue weighted by Crippen LogP contribution is -2.16. The van der Waals surface area contributed by atoms with Crippen LogP contribution in [-0.2, 0) is 0 Å². The maximum Gasteiger partial charge on any atom is 0.0130 e. The van der Waals surface area contributed by atoms with Gasteiger partial charge in [-0.2, -0.15) is 0 Å². The predicted octanol–water partition coefficient (Wildman–Crippen LogP) is 9.36. The third-order valence-corrected chi connectivity index (χ3v) is 8.09. The van der Waals surface area contributed by atoms with Crippen LogP contribution in [0.15, 0.2) is 110 Å². The van der Waals surface area contributed by atoms with Gasteiger partial charge in [-0.05, 0) is 76.1 Å². The standard InChI is InChI=1S/C34H32/c1-2-3-4-5-14-24(34-31-21-12-10-17-27(31)28-18-11-13-22-32(28)34)23-33-29-19-8-6-15-25(29)26-16-7-9-20-30(26)33/h2,6-13,15-22,24,33-34H,1,3-5,14,23H2. The van der Waals surface area contributed by atoms with E-state index in [4.69, 9.17) is 0 Å². The van der Waals surface area contributed by atoms with Crippen molar-refractivity contribution in [1.82, 2.24) is 0 Å². The van der Waals surface area contributed by atoms with Gasteiger partial charge in [0.2, 0.25) is 0 Å². The van der Waals surface area contributed by atoms with Crippen LogP contribution in [0.3, 0.4) is 0 Å². The topological polar surface area (TPSA) is 0 Å². The Kier molecular flexibility index (Phi) is 5.67. The first-order valence-corrected chi connectivity index (χ1v) is 12.8. The second kappa shape index (κ2) is 9.11. The fraction of sp³-hybridized carbons (Fsp3) is 0.235. The molecule has 0 aromatic heterocycles. The summed E-state index contributed by atoms with van der Waals surface area (Å²) in [6.07, 6.45) is 8.11. The first-order chi connectivity index (χ1) is 16.9. The van der Waals surface area contributed by atoms with Gasteiger partial charge < -0.3 is 0 Å². The lowest BCUT2D eigenvalue weighted by Gasteiger charge is -2.29. The van der Waals surface area contributed by atoms with Crippen LogP contribution in [0, 0.1) is 5.92 Å². The van der Waals surface area contributed by atoms with Crippen molar-refractivity contribution in [1.29, 1.82) is 0 Å². The highest BCUT2D eigenvalue weighted by Gasteiger charge is 2.37. The number of unbranched alkanes of at least 4 members (excludes halogenated alkanes) is 2. The largest absolute Gasteiger partial charge is 0.103 e. The van der Waals surface area contributed by atoms with Crippen LogP contribution >= 0.6 is 0 Å². The van der Waals surface area contributed by atoms with Gasteiger partial charge in [0.25, 0.3) is 0 Å². The summed E-state index contributed by atoms with van der Waals surface area (Å²) in [7, 11) is 0. The molecule has 2 aliphatic carbocycles. The molecular weight excluding hydrogens is 408 g/mol. The molecule has 0 amide bonds. The van der Waals surface area contributed by atoms with E-state index in [1.807, 2.05) is 0 Å². The van der Waals surface area contributed by atoms with Gasteiger partial charge >= 0.3 is 0 Å². The zero-order chi connectivity index (χ0) is 22.9. The highest BCUT2D eigenvalue weighted by molar-refractivity contribution is 5.80. The normalized spacial score (nSPS) is 14.8. The van der Waals surface area contributed by atoms with Gasteiger partial charge in [-0.25, -0.2) is 0 Å². The zero-order valence-corrected chi connectivity index (χ0v) is 19.8. The van der Waals surface area contributed by atoms with Crippen molar-refractivity contribution in [2.45, 2.75) is 43.9 Å².